The van der Waals surface area contributed by atoms with E-state index in [1.807, 2.05) is 6.92 Å². The summed E-state index contributed by atoms with van der Waals surface area (Å²) in [7, 11) is 0. The Kier molecular flexibility index (Phi) is 2.40. The Morgan fingerprint density at radius 1 is 1.36 bits per heavy atom. The zero-order valence-corrected chi connectivity index (χ0v) is 7.77. The third-order valence-corrected chi connectivity index (χ3v) is 1.81. The lowest BCUT2D eigenvalue weighted by Gasteiger charge is -2.04. The summed E-state index contributed by atoms with van der Waals surface area (Å²) in [6.45, 7) is 2.49. The normalized spacial score (nSPS) is 10.1. The molecule has 2 aromatic rings. The van der Waals surface area contributed by atoms with Crippen LogP contribution in [0.5, 0.6) is 0 Å². The average Bonchev–Trinajstić information content (AvgIpc) is 2.69. The summed E-state index contributed by atoms with van der Waals surface area (Å²) in [5.74, 6) is 0.774. The van der Waals surface area contributed by atoms with Crippen molar-refractivity contribution in [3.8, 4) is 0 Å². The fourth-order valence-corrected chi connectivity index (χ4v) is 1.08. The van der Waals surface area contributed by atoms with E-state index in [4.69, 9.17) is 4.52 Å². The number of aromatic nitrogens is 3. The first-order valence-electron chi connectivity index (χ1n) is 4.27. The molecule has 2 rings (SSSR count). The van der Waals surface area contributed by atoms with Crippen molar-refractivity contribution < 1.29 is 4.52 Å². The predicted molar refractivity (Wildman–Crippen MR) is 50.6 cm³/mol. The Hall–Kier alpha value is -1.91. The van der Waals surface area contributed by atoms with Crippen molar-refractivity contribution in [1.29, 1.82) is 0 Å². The largest absolute Gasteiger partial charge is 0.364 e. The molecule has 5 nitrogen and oxygen atoms in total. The molecule has 2 aromatic heterocycles. The topological polar surface area (TPSA) is 63.8 Å². The second kappa shape index (κ2) is 3.87. The fraction of sp³-hybridized carbons (Fsp3) is 0.222. The van der Waals surface area contributed by atoms with Gasteiger partial charge < -0.3 is 9.84 Å². The molecular weight excluding hydrogens is 180 g/mol. The number of anilines is 1. The van der Waals surface area contributed by atoms with Crippen LogP contribution in [0.3, 0.4) is 0 Å². The van der Waals surface area contributed by atoms with Crippen LogP contribution in [-0.2, 0) is 6.54 Å². The van der Waals surface area contributed by atoms with Crippen LogP contribution in [0.15, 0.2) is 29.2 Å². The van der Waals surface area contributed by atoms with Gasteiger partial charge >= 0.3 is 0 Å². The molecular formula is C9H10N4O. The molecule has 0 radical (unpaired) electrons. The van der Waals surface area contributed by atoms with E-state index in [1.54, 1.807) is 24.7 Å². The molecule has 0 spiro atoms. The van der Waals surface area contributed by atoms with Crippen molar-refractivity contribution in [1.82, 2.24) is 15.1 Å². The van der Waals surface area contributed by atoms with Crippen LogP contribution in [0.2, 0.25) is 0 Å². The standard InChI is InChI=1S/C9H10N4O/c1-7-9(11-4-3-10-7)12-6-8-2-5-14-13-8/h2-5H,6H2,1H3,(H,11,12). The van der Waals surface area contributed by atoms with Gasteiger partial charge in [-0.3, -0.25) is 4.98 Å². The van der Waals surface area contributed by atoms with Crippen molar-refractivity contribution in [2.45, 2.75) is 13.5 Å². The molecule has 0 saturated carbocycles. The summed E-state index contributed by atoms with van der Waals surface area (Å²) in [6.07, 6.45) is 4.86. The number of rotatable bonds is 3. The Bertz CT molecular complexity index is 399. The van der Waals surface area contributed by atoms with Crippen molar-refractivity contribution in [3.63, 3.8) is 0 Å². The van der Waals surface area contributed by atoms with Gasteiger partial charge in [0.05, 0.1) is 12.2 Å². The van der Waals surface area contributed by atoms with Crippen molar-refractivity contribution >= 4 is 5.82 Å². The third kappa shape index (κ3) is 1.87. The van der Waals surface area contributed by atoms with Gasteiger partial charge in [-0.05, 0) is 6.92 Å². The molecule has 0 amide bonds. The molecule has 0 aliphatic rings. The minimum absolute atomic E-state index is 0.593. The van der Waals surface area contributed by atoms with Gasteiger partial charge in [-0.15, -0.1) is 0 Å². The van der Waals surface area contributed by atoms with Gasteiger partial charge in [0.1, 0.15) is 17.8 Å². The van der Waals surface area contributed by atoms with Gasteiger partial charge in [0, 0.05) is 18.5 Å². The highest BCUT2D eigenvalue weighted by Crippen LogP contribution is 2.07. The van der Waals surface area contributed by atoms with E-state index >= 15 is 0 Å². The van der Waals surface area contributed by atoms with Crippen LogP contribution < -0.4 is 5.32 Å². The van der Waals surface area contributed by atoms with Crippen molar-refractivity contribution in [2.24, 2.45) is 0 Å². The summed E-state index contributed by atoms with van der Waals surface area (Å²) >= 11 is 0. The molecule has 1 N–H and O–H groups in total. The van der Waals surface area contributed by atoms with Crippen LogP contribution in [0.25, 0.3) is 0 Å². The van der Waals surface area contributed by atoms with Gasteiger partial charge in [0.15, 0.2) is 0 Å². The van der Waals surface area contributed by atoms with E-state index in [0.717, 1.165) is 17.2 Å². The van der Waals surface area contributed by atoms with Crippen LogP contribution >= 0.6 is 0 Å². The highest BCUT2D eigenvalue weighted by atomic mass is 16.5. The maximum absolute atomic E-state index is 4.71. The van der Waals surface area contributed by atoms with E-state index in [9.17, 15) is 0 Å². The fourth-order valence-electron chi connectivity index (χ4n) is 1.08. The van der Waals surface area contributed by atoms with E-state index < -0.39 is 0 Å². The highest BCUT2D eigenvalue weighted by Gasteiger charge is 2.00. The van der Waals surface area contributed by atoms with Gasteiger partial charge in [0.25, 0.3) is 0 Å². The molecule has 0 aliphatic heterocycles. The zero-order valence-electron chi connectivity index (χ0n) is 7.77. The summed E-state index contributed by atoms with van der Waals surface area (Å²) < 4.78 is 4.71. The Morgan fingerprint density at radius 3 is 2.93 bits per heavy atom. The minimum Gasteiger partial charge on any atom is -0.364 e. The van der Waals surface area contributed by atoms with Crippen LogP contribution in [0.1, 0.15) is 11.4 Å². The number of aryl methyl sites for hydroxylation is 1. The van der Waals surface area contributed by atoms with E-state index in [1.165, 1.54) is 0 Å². The Balaban J connectivity index is 2.02. The molecule has 0 unspecified atom stereocenters. The van der Waals surface area contributed by atoms with E-state index in [-0.39, 0.29) is 0 Å². The summed E-state index contributed by atoms with van der Waals surface area (Å²) in [4.78, 5) is 8.26. The first-order chi connectivity index (χ1) is 6.86. The first kappa shape index (κ1) is 8.68. The summed E-state index contributed by atoms with van der Waals surface area (Å²) in [5.41, 5.74) is 1.71. The molecule has 0 saturated heterocycles. The van der Waals surface area contributed by atoms with Gasteiger partial charge in [0.2, 0.25) is 0 Å². The van der Waals surface area contributed by atoms with Crippen molar-refractivity contribution in [2.75, 3.05) is 5.32 Å². The Morgan fingerprint density at radius 2 is 2.21 bits per heavy atom. The second-order valence-corrected chi connectivity index (χ2v) is 2.83. The molecule has 0 bridgehead atoms. The SMILES string of the molecule is Cc1nccnc1NCc1ccon1. The Labute approximate surface area is 81.2 Å². The number of nitrogens with one attached hydrogen (secondary N) is 1. The quantitative estimate of drug-likeness (QED) is 0.792. The molecule has 14 heavy (non-hydrogen) atoms. The van der Waals surface area contributed by atoms with Crippen molar-refractivity contribution in [3.05, 3.63) is 36.1 Å². The van der Waals surface area contributed by atoms with Crippen LogP contribution in [-0.4, -0.2) is 15.1 Å². The summed E-state index contributed by atoms with van der Waals surface area (Å²) in [6, 6.07) is 1.80. The maximum atomic E-state index is 4.71. The number of hydrogen-bond donors (Lipinski definition) is 1. The summed E-state index contributed by atoms with van der Waals surface area (Å²) in [5, 5.41) is 6.89. The molecule has 0 aliphatic carbocycles. The third-order valence-electron chi connectivity index (χ3n) is 1.81. The molecule has 0 fully saturated rings. The minimum atomic E-state index is 0.593. The average molecular weight is 190 g/mol. The van der Waals surface area contributed by atoms with E-state index in [2.05, 4.69) is 20.4 Å². The lowest BCUT2D eigenvalue weighted by Crippen LogP contribution is -2.03. The maximum Gasteiger partial charge on any atom is 0.147 e. The smallest absolute Gasteiger partial charge is 0.147 e. The zero-order chi connectivity index (χ0) is 9.80. The number of hydrogen-bond acceptors (Lipinski definition) is 5. The van der Waals surface area contributed by atoms with E-state index in [0.29, 0.717) is 6.54 Å². The van der Waals surface area contributed by atoms with Crippen LogP contribution in [0.4, 0.5) is 5.82 Å². The van der Waals surface area contributed by atoms with Gasteiger partial charge in [-0.2, -0.15) is 0 Å². The van der Waals surface area contributed by atoms with Gasteiger partial charge in [-0.25, -0.2) is 4.98 Å². The first-order valence-corrected chi connectivity index (χ1v) is 4.27. The second-order valence-electron chi connectivity index (χ2n) is 2.83. The predicted octanol–water partition coefficient (Wildman–Crippen LogP) is 1.39. The van der Waals surface area contributed by atoms with Crippen LogP contribution in [0, 0.1) is 6.92 Å². The molecule has 2 heterocycles. The number of nitrogens with zero attached hydrogens (tertiary/aromatic N) is 3. The molecule has 5 heteroatoms. The molecule has 72 valence electrons. The highest BCUT2D eigenvalue weighted by molar-refractivity contribution is 5.38. The molecule has 0 aromatic carbocycles. The lowest BCUT2D eigenvalue weighted by molar-refractivity contribution is 0.412. The molecule has 0 atom stereocenters. The van der Waals surface area contributed by atoms with Gasteiger partial charge in [-0.1, -0.05) is 5.16 Å². The monoisotopic (exact) mass is 190 g/mol. The lowest BCUT2D eigenvalue weighted by atomic mass is 10.4.